The molecule has 1 saturated heterocycles. The molecule has 4 heteroatoms. The van der Waals surface area contributed by atoms with Crippen molar-refractivity contribution >= 4 is 0 Å². The molecule has 1 aliphatic rings. The SMILES string of the molecule is COc1ccc(COCC[C@@H]2OC[C@H](C)[C@@H](OCc3ccccc3)[C@H]2C)cc1. The van der Waals surface area contributed by atoms with Crippen LogP contribution in [-0.4, -0.2) is 32.5 Å². The van der Waals surface area contributed by atoms with E-state index in [-0.39, 0.29) is 12.2 Å². The lowest BCUT2D eigenvalue weighted by molar-refractivity contribution is -0.151. The minimum atomic E-state index is 0.174. The van der Waals surface area contributed by atoms with E-state index < -0.39 is 0 Å². The number of rotatable bonds is 9. The van der Waals surface area contributed by atoms with Gasteiger partial charge in [-0.25, -0.2) is 0 Å². The highest BCUT2D eigenvalue weighted by atomic mass is 16.5. The van der Waals surface area contributed by atoms with Crippen LogP contribution in [0.4, 0.5) is 0 Å². The molecule has 0 amide bonds. The van der Waals surface area contributed by atoms with Crippen LogP contribution >= 0.6 is 0 Å². The van der Waals surface area contributed by atoms with E-state index in [9.17, 15) is 0 Å². The van der Waals surface area contributed by atoms with Crippen molar-refractivity contribution in [3.63, 3.8) is 0 Å². The molecular weight excluding hydrogens is 352 g/mol. The molecule has 2 aromatic carbocycles. The van der Waals surface area contributed by atoms with Crippen LogP contribution in [-0.2, 0) is 27.4 Å². The first-order chi connectivity index (χ1) is 13.7. The number of benzene rings is 2. The molecule has 0 aliphatic carbocycles. The largest absolute Gasteiger partial charge is 0.497 e. The van der Waals surface area contributed by atoms with Gasteiger partial charge in [-0.15, -0.1) is 0 Å². The third-order valence-corrected chi connectivity index (χ3v) is 5.50. The zero-order chi connectivity index (χ0) is 19.8. The molecular formula is C24H32O4. The molecule has 0 aromatic heterocycles. The number of hydrogen-bond acceptors (Lipinski definition) is 4. The summed E-state index contributed by atoms with van der Waals surface area (Å²) in [6.07, 6.45) is 1.27. The Morgan fingerprint density at radius 1 is 0.929 bits per heavy atom. The first kappa shape index (κ1) is 20.8. The Hall–Kier alpha value is -1.88. The minimum absolute atomic E-state index is 0.174. The van der Waals surface area contributed by atoms with E-state index in [1.807, 2.05) is 30.3 Å². The molecule has 0 bridgehead atoms. The maximum atomic E-state index is 6.29. The van der Waals surface area contributed by atoms with E-state index in [0.717, 1.165) is 24.3 Å². The molecule has 1 aliphatic heterocycles. The fourth-order valence-corrected chi connectivity index (χ4v) is 3.79. The summed E-state index contributed by atoms with van der Waals surface area (Å²) in [4.78, 5) is 0. The smallest absolute Gasteiger partial charge is 0.118 e. The van der Waals surface area contributed by atoms with E-state index in [1.165, 1.54) is 5.56 Å². The Kier molecular flexibility index (Phi) is 7.90. The molecule has 0 radical (unpaired) electrons. The minimum Gasteiger partial charge on any atom is -0.497 e. The molecule has 0 unspecified atom stereocenters. The van der Waals surface area contributed by atoms with Crippen LogP contribution in [0.1, 0.15) is 31.4 Å². The first-order valence-electron chi connectivity index (χ1n) is 10.1. The van der Waals surface area contributed by atoms with Crippen LogP contribution < -0.4 is 4.74 Å². The fraction of sp³-hybridized carbons (Fsp3) is 0.500. The van der Waals surface area contributed by atoms with E-state index in [0.29, 0.717) is 31.7 Å². The van der Waals surface area contributed by atoms with E-state index in [2.05, 4.69) is 38.1 Å². The van der Waals surface area contributed by atoms with Crippen molar-refractivity contribution in [3.05, 3.63) is 65.7 Å². The van der Waals surface area contributed by atoms with Gasteiger partial charge in [-0.2, -0.15) is 0 Å². The maximum absolute atomic E-state index is 6.29. The Labute approximate surface area is 168 Å². The predicted octanol–water partition coefficient (Wildman–Crippen LogP) is 4.86. The normalized spacial score (nSPS) is 24.8. The summed E-state index contributed by atoms with van der Waals surface area (Å²) < 4.78 is 23.4. The average Bonchev–Trinajstić information content (AvgIpc) is 2.73. The summed E-state index contributed by atoms with van der Waals surface area (Å²) in [6.45, 7) is 7.13. The second-order valence-corrected chi connectivity index (χ2v) is 7.66. The van der Waals surface area contributed by atoms with Crippen molar-refractivity contribution in [2.75, 3.05) is 20.3 Å². The molecule has 4 atom stereocenters. The highest BCUT2D eigenvalue weighted by Crippen LogP contribution is 2.30. The van der Waals surface area contributed by atoms with Crippen molar-refractivity contribution < 1.29 is 18.9 Å². The highest BCUT2D eigenvalue weighted by Gasteiger charge is 2.36. The van der Waals surface area contributed by atoms with Gasteiger partial charge in [0.2, 0.25) is 0 Å². The Morgan fingerprint density at radius 2 is 1.64 bits per heavy atom. The molecule has 0 N–H and O–H groups in total. The predicted molar refractivity (Wildman–Crippen MR) is 110 cm³/mol. The van der Waals surface area contributed by atoms with Gasteiger partial charge in [-0.3, -0.25) is 0 Å². The zero-order valence-electron chi connectivity index (χ0n) is 17.2. The Bertz CT molecular complexity index is 686. The van der Waals surface area contributed by atoms with Crippen molar-refractivity contribution in [1.29, 1.82) is 0 Å². The monoisotopic (exact) mass is 384 g/mol. The van der Waals surface area contributed by atoms with Crippen LogP contribution in [0.5, 0.6) is 5.75 Å². The average molecular weight is 385 g/mol. The third kappa shape index (κ3) is 5.81. The summed E-state index contributed by atoms with van der Waals surface area (Å²) >= 11 is 0. The summed E-state index contributed by atoms with van der Waals surface area (Å²) in [5.41, 5.74) is 2.36. The van der Waals surface area contributed by atoms with Gasteiger partial charge in [0.1, 0.15) is 5.75 Å². The standard InChI is InChI=1S/C24H32O4/c1-18-15-27-23(13-14-26-16-21-9-11-22(25-3)12-10-21)19(2)24(18)28-17-20-7-5-4-6-8-20/h4-12,18-19,23-24H,13-17H2,1-3H3/t18-,19-,23-,24+/m0/s1. The van der Waals surface area contributed by atoms with Crippen LogP contribution in [0.15, 0.2) is 54.6 Å². The second kappa shape index (κ2) is 10.6. The van der Waals surface area contributed by atoms with Crippen molar-refractivity contribution in [3.8, 4) is 5.75 Å². The van der Waals surface area contributed by atoms with E-state index >= 15 is 0 Å². The molecule has 152 valence electrons. The van der Waals surface area contributed by atoms with E-state index in [1.54, 1.807) is 7.11 Å². The van der Waals surface area contributed by atoms with Gasteiger partial charge >= 0.3 is 0 Å². The van der Waals surface area contributed by atoms with Gasteiger partial charge < -0.3 is 18.9 Å². The molecule has 2 aromatic rings. The van der Waals surface area contributed by atoms with Gasteiger partial charge in [0.05, 0.1) is 39.1 Å². The van der Waals surface area contributed by atoms with Crippen molar-refractivity contribution in [1.82, 2.24) is 0 Å². The summed E-state index contributed by atoms with van der Waals surface area (Å²) in [5.74, 6) is 1.61. The van der Waals surface area contributed by atoms with Gasteiger partial charge in [0.25, 0.3) is 0 Å². The quantitative estimate of drug-likeness (QED) is 0.579. The number of hydrogen-bond donors (Lipinski definition) is 0. The molecule has 0 saturated carbocycles. The van der Waals surface area contributed by atoms with Crippen molar-refractivity contribution in [2.45, 2.75) is 45.7 Å². The van der Waals surface area contributed by atoms with Crippen LogP contribution in [0.25, 0.3) is 0 Å². The topological polar surface area (TPSA) is 36.9 Å². The molecule has 3 rings (SSSR count). The summed E-state index contributed by atoms with van der Waals surface area (Å²) in [7, 11) is 1.68. The number of methoxy groups -OCH3 is 1. The second-order valence-electron chi connectivity index (χ2n) is 7.66. The van der Waals surface area contributed by atoms with Gasteiger partial charge in [0.15, 0.2) is 0 Å². The van der Waals surface area contributed by atoms with Gasteiger partial charge in [-0.05, 0) is 29.7 Å². The van der Waals surface area contributed by atoms with Gasteiger partial charge in [-0.1, -0.05) is 56.3 Å². The molecule has 28 heavy (non-hydrogen) atoms. The third-order valence-electron chi connectivity index (χ3n) is 5.50. The molecule has 0 spiro atoms. The van der Waals surface area contributed by atoms with E-state index in [4.69, 9.17) is 18.9 Å². The first-order valence-corrected chi connectivity index (χ1v) is 10.1. The summed E-state index contributed by atoms with van der Waals surface area (Å²) in [6, 6.07) is 18.4. The maximum Gasteiger partial charge on any atom is 0.118 e. The lowest BCUT2D eigenvalue weighted by Gasteiger charge is -2.40. The molecule has 1 fully saturated rings. The summed E-state index contributed by atoms with van der Waals surface area (Å²) in [5, 5.41) is 0. The number of ether oxygens (including phenoxy) is 4. The van der Waals surface area contributed by atoms with Crippen LogP contribution in [0, 0.1) is 11.8 Å². The fourth-order valence-electron chi connectivity index (χ4n) is 3.79. The van der Waals surface area contributed by atoms with Crippen LogP contribution in [0.3, 0.4) is 0 Å². The molecule has 1 heterocycles. The molecule has 4 nitrogen and oxygen atoms in total. The van der Waals surface area contributed by atoms with Crippen molar-refractivity contribution in [2.24, 2.45) is 11.8 Å². The Balaban J connectivity index is 1.43. The zero-order valence-corrected chi connectivity index (χ0v) is 17.2. The van der Waals surface area contributed by atoms with Gasteiger partial charge in [0, 0.05) is 18.4 Å². The highest BCUT2D eigenvalue weighted by molar-refractivity contribution is 5.26. The lowest BCUT2D eigenvalue weighted by atomic mass is 9.85. The lowest BCUT2D eigenvalue weighted by Crippen LogP contribution is -2.45. The van der Waals surface area contributed by atoms with Crippen LogP contribution in [0.2, 0.25) is 0 Å². The Morgan fingerprint density at radius 3 is 2.36 bits per heavy atom.